The molecule has 0 atom stereocenters. The van der Waals surface area contributed by atoms with Crippen molar-refractivity contribution in [2.24, 2.45) is 17.8 Å². The number of nitrogens with one attached hydrogen (secondary N) is 1. The molecule has 2 saturated carbocycles. The van der Waals surface area contributed by atoms with Crippen molar-refractivity contribution in [3.63, 3.8) is 0 Å². The summed E-state index contributed by atoms with van der Waals surface area (Å²) < 4.78 is 0. The number of pyridine rings is 1. The van der Waals surface area contributed by atoms with Crippen molar-refractivity contribution in [3.05, 3.63) is 23.5 Å². The molecule has 0 unspecified atom stereocenters. The van der Waals surface area contributed by atoms with Crippen molar-refractivity contribution in [2.45, 2.75) is 25.7 Å². The van der Waals surface area contributed by atoms with Crippen molar-refractivity contribution in [2.75, 3.05) is 11.9 Å². The topological polar surface area (TPSA) is 24.9 Å². The first-order valence-electron chi connectivity index (χ1n) is 6.18. The number of nitrogens with zero attached hydrogens (tertiary/aromatic N) is 1. The van der Waals surface area contributed by atoms with Crippen LogP contribution in [-0.4, -0.2) is 11.5 Å². The maximum atomic E-state index is 6.07. The molecule has 16 heavy (non-hydrogen) atoms. The molecule has 0 aromatic carbocycles. The van der Waals surface area contributed by atoms with Gasteiger partial charge in [0.25, 0.3) is 0 Å². The summed E-state index contributed by atoms with van der Waals surface area (Å²) in [5, 5.41) is 4.21. The van der Waals surface area contributed by atoms with Gasteiger partial charge < -0.3 is 5.32 Å². The van der Waals surface area contributed by atoms with Crippen LogP contribution in [0.1, 0.15) is 25.7 Å². The molecular weight excluding hydrogens is 220 g/mol. The van der Waals surface area contributed by atoms with Crippen LogP contribution in [0.4, 0.5) is 5.69 Å². The van der Waals surface area contributed by atoms with E-state index in [1.807, 2.05) is 6.07 Å². The quantitative estimate of drug-likeness (QED) is 0.845. The second-order valence-corrected chi connectivity index (χ2v) is 5.48. The Bertz CT molecular complexity index is 360. The maximum absolute atomic E-state index is 6.07. The molecule has 0 amide bonds. The first-order valence-corrected chi connectivity index (χ1v) is 6.56. The van der Waals surface area contributed by atoms with Crippen LogP contribution in [0.5, 0.6) is 0 Å². The van der Waals surface area contributed by atoms with Crippen LogP contribution in [0, 0.1) is 17.8 Å². The van der Waals surface area contributed by atoms with Gasteiger partial charge in [-0.15, -0.1) is 0 Å². The van der Waals surface area contributed by atoms with Crippen molar-refractivity contribution >= 4 is 17.3 Å². The Labute approximate surface area is 101 Å². The zero-order chi connectivity index (χ0) is 11.0. The van der Waals surface area contributed by atoms with Crippen LogP contribution < -0.4 is 5.32 Å². The Morgan fingerprint density at radius 3 is 2.56 bits per heavy atom. The molecule has 2 fully saturated rings. The number of hydrogen-bond donors (Lipinski definition) is 1. The predicted octanol–water partition coefficient (Wildman–Crippen LogP) is 3.58. The highest BCUT2D eigenvalue weighted by molar-refractivity contribution is 6.33. The van der Waals surface area contributed by atoms with Crippen molar-refractivity contribution in [1.82, 2.24) is 4.98 Å². The molecule has 1 N–H and O–H groups in total. The second-order valence-electron chi connectivity index (χ2n) is 5.08. The molecule has 3 rings (SSSR count). The van der Waals surface area contributed by atoms with Gasteiger partial charge in [0.15, 0.2) is 0 Å². The molecule has 2 aliphatic rings. The summed E-state index contributed by atoms with van der Waals surface area (Å²) in [6.07, 6.45) is 9.24. The third-order valence-corrected chi connectivity index (χ3v) is 4.06. The zero-order valence-corrected chi connectivity index (χ0v) is 10.1. The monoisotopic (exact) mass is 236 g/mol. The fraction of sp³-hybridized carbons (Fsp3) is 0.615. The summed E-state index contributed by atoms with van der Waals surface area (Å²) in [7, 11) is 0. The molecule has 0 aliphatic heterocycles. The third kappa shape index (κ3) is 2.32. The fourth-order valence-electron chi connectivity index (χ4n) is 2.51. The number of aromatic nitrogens is 1. The lowest BCUT2D eigenvalue weighted by Gasteiger charge is -2.17. The Kier molecular flexibility index (Phi) is 2.76. The standard InChI is InChI=1S/C13H17ClN2/c14-12-8-15-6-5-13(12)16-7-11(9-1-2-9)10-3-4-10/h5-6,8-11H,1-4,7H2,(H,15,16). The lowest BCUT2D eigenvalue weighted by molar-refractivity contribution is 0.428. The molecule has 1 heterocycles. The highest BCUT2D eigenvalue weighted by Crippen LogP contribution is 2.49. The van der Waals surface area contributed by atoms with E-state index in [0.717, 1.165) is 35.0 Å². The van der Waals surface area contributed by atoms with Gasteiger partial charge in [-0.05, 0) is 49.5 Å². The summed E-state index contributed by atoms with van der Waals surface area (Å²) in [6.45, 7) is 1.08. The molecule has 1 aromatic rings. The van der Waals surface area contributed by atoms with Gasteiger partial charge in [0.2, 0.25) is 0 Å². The SMILES string of the molecule is Clc1cnccc1NCC(C1CC1)C1CC1. The molecule has 2 nitrogen and oxygen atoms in total. The Morgan fingerprint density at radius 2 is 2.00 bits per heavy atom. The lowest BCUT2D eigenvalue weighted by Crippen LogP contribution is -2.18. The Hall–Kier alpha value is -0.760. The van der Waals surface area contributed by atoms with E-state index >= 15 is 0 Å². The van der Waals surface area contributed by atoms with Crippen LogP contribution in [0.2, 0.25) is 5.02 Å². The van der Waals surface area contributed by atoms with E-state index in [9.17, 15) is 0 Å². The normalized spacial score (nSPS) is 20.1. The van der Waals surface area contributed by atoms with E-state index in [-0.39, 0.29) is 0 Å². The highest BCUT2D eigenvalue weighted by Gasteiger charge is 2.40. The average Bonchev–Trinajstić information content (AvgIpc) is 3.15. The van der Waals surface area contributed by atoms with E-state index in [1.165, 1.54) is 25.7 Å². The van der Waals surface area contributed by atoms with E-state index in [4.69, 9.17) is 11.6 Å². The minimum Gasteiger partial charge on any atom is -0.383 e. The number of rotatable bonds is 5. The molecule has 0 saturated heterocycles. The molecule has 2 aliphatic carbocycles. The molecule has 0 radical (unpaired) electrons. The lowest BCUT2D eigenvalue weighted by atomic mass is 9.98. The molecular formula is C13H17ClN2. The third-order valence-electron chi connectivity index (χ3n) is 3.76. The van der Waals surface area contributed by atoms with Gasteiger partial charge >= 0.3 is 0 Å². The molecule has 0 spiro atoms. The smallest absolute Gasteiger partial charge is 0.0820 e. The summed E-state index contributed by atoms with van der Waals surface area (Å²) in [5.41, 5.74) is 1.03. The second kappa shape index (κ2) is 4.25. The Balaban J connectivity index is 1.60. The summed E-state index contributed by atoms with van der Waals surface area (Å²) in [6, 6.07) is 1.96. The van der Waals surface area contributed by atoms with E-state index < -0.39 is 0 Å². The maximum Gasteiger partial charge on any atom is 0.0820 e. The van der Waals surface area contributed by atoms with Crippen LogP contribution in [0.15, 0.2) is 18.5 Å². The van der Waals surface area contributed by atoms with E-state index in [0.29, 0.717) is 0 Å². The van der Waals surface area contributed by atoms with Gasteiger partial charge in [0.1, 0.15) is 0 Å². The summed E-state index contributed by atoms with van der Waals surface area (Å²) >= 11 is 6.07. The van der Waals surface area contributed by atoms with Crippen molar-refractivity contribution < 1.29 is 0 Å². The van der Waals surface area contributed by atoms with Crippen LogP contribution in [0.3, 0.4) is 0 Å². The van der Waals surface area contributed by atoms with Gasteiger partial charge in [-0.3, -0.25) is 4.98 Å². The minimum absolute atomic E-state index is 0.729. The number of anilines is 1. The molecule has 1 aromatic heterocycles. The summed E-state index contributed by atoms with van der Waals surface area (Å²) in [4.78, 5) is 3.99. The minimum atomic E-state index is 0.729. The van der Waals surface area contributed by atoms with Gasteiger partial charge in [0, 0.05) is 18.9 Å². The fourth-order valence-corrected chi connectivity index (χ4v) is 2.70. The molecule has 0 bridgehead atoms. The Morgan fingerprint density at radius 1 is 1.31 bits per heavy atom. The molecule has 86 valence electrons. The van der Waals surface area contributed by atoms with Crippen LogP contribution in [-0.2, 0) is 0 Å². The van der Waals surface area contributed by atoms with Crippen molar-refractivity contribution in [3.8, 4) is 0 Å². The number of hydrogen-bond acceptors (Lipinski definition) is 2. The van der Waals surface area contributed by atoms with Gasteiger partial charge in [-0.2, -0.15) is 0 Å². The van der Waals surface area contributed by atoms with Crippen LogP contribution in [0.25, 0.3) is 0 Å². The molecule has 3 heteroatoms. The van der Waals surface area contributed by atoms with E-state index in [1.54, 1.807) is 12.4 Å². The number of halogens is 1. The largest absolute Gasteiger partial charge is 0.383 e. The average molecular weight is 237 g/mol. The van der Waals surface area contributed by atoms with Gasteiger partial charge in [-0.25, -0.2) is 0 Å². The van der Waals surface area contributed by atoms with Crippen molar-refractivity contribution in [1.29, 1.82) is 0 Å². The van der Waals surface area contributed by atoms with Gasteiger partial charge in [-0.1, -0.05) is 11.6 Å². The highest BCUT2D eigenvalue weighted by atomic mass is 35.5. The first-order chi connectivity index (χ1) is 7.84. The summed E-state index contributed by atoms with van der Waals surface area (Å²) in [5.74, 6) is 2.85. The predicted molar refractivity (Wildman–Crippen MR) is 66.7 cm³/mol. The van der Waals surface area contributed by atoms with E-state index in [2.05, 4.69) is 10.3 Å². The van der Waals surface area contributed by atoms with Crippen LogP contribution >= 0.6 is 11.6 Å². The zero-order valence-electron chi connectivity index (χ0n) is 9.32. The first kappa shape index (κ1) is 10.4. The van der Waals surface area contributed by atoms with Gasteiger partial charge in [0.05, 0.1) is 10.7 Å².